The molecule has 4 N–H and O–H groups in total. The standard InChI is InChI=1S/C17H25N3O4S/c1-24-16-8-7-13(25(22,23)20-12-5-6-12)10-15(16)19-17(21)9-11-3-2-4-14(11)18/h7-8,10-12,14,20H,2-6,9,18H2,1H3,(H,19,21)/t11-,14+/m0/s1. The number of amides is 1. The third-order valence-electron chi connectivity index (χ3n) is 4.82. The maximum atomic E-state index is 12.4. The summed E-state index contributed by atoms with van der Waals surface area (Å²) in [5.41, 5.74) is 6.38. The van der Waals surface area contributed by atoms with Gasteiger partial charge in [0.2, 0.25) is 15.9 Å². The molecule has 1 aromatic rings. The number of ether oxygens (including phenoxy) is 1. The zero-order valence-corrected chi connectivity index (χ0v) is 15.1. The fraction of sp³-hybridized carbons (Fsp3) is 0.588. The third-order valence-corrected chi connectivity index (χ3v) is 6.34. The lowest BCUT2D eigenvalue weighted by atomic mass is 10.00. The monoisotopic (exact) mass is 367 g/mol. The molecule has 0 heterocycles. The summed E-state index contributed by atoms with van der Waals surface area (Å²) in [5, 5.41) is 2.78. The summed E-state index contributed by atoms with van der Waals surface area (Å²) in [5.74, 6) is 0.425. The van der Waals surface area contributed by atoms with Crippen molar-refractivity contribution >= 4 is 21.6 Å². The number of benzene rings is 1. The normalized spacial score (nSPS) is 23.4. The Balaban J connectivity index is 1.74. The van der Waals surface area contributed by atoms with Gasteiger partial charge >= 0.3 is 0 Å². The average Bonchev–Trinajstić information content (AvgIpc) is 3.28. The second-order valence-electron chi connectivity index (χ2n) is 6.86. The van der Waals surface area contributed by atoms with Crippen LogP contribution in [0, 0.1) is 5.92 Å². The van der Waals surface area contributed by atoms with Crippen LogP contribution in [0.4, 0.5) is 5.69 Å². The van der Waals surface area contributed by atoms with Gasteiger partial charge in [-0.05, 0) is 49.8 Å². The summed E-state index contributed by atoms with van der Waals surface area (Å²) in [4.78, 5) is 12.5. The first kappa shape index (κ1) is 18.2. The molecule has 0 saturated heterocycles. The van der Waals surface area contributed by atoms with Crippen molar-refractivity contribution in [3.63, 3.8) is 0 Å². The number of hydrogen-bond donors (Lipinski definition) is 3. The summed E-state index contributed by atoms with van der Waals surface area (Å²) >= 11 is 0. The smallest absolute Gasteiger partial charge is 0.240 e. The summed E-state index contributed by atoms with van der Waals surface area (Å²) in [6.07, 6.45) is 5.00. The topological polar surface area (TPSA) is 111 Å². The zero-order chi connectivity index (χ0) is 18.0. The number of rotatable bonds is 7. The lowest BCUT2D eigenvalue weighted by molar-refractivity contribution is -0.117. The molecule has 8 heteroatoms. The Bertz CT molecular complexity index is 746. The van der Waals surface area contributed by atoms with Crippen LogP contribution in [0.1, 0.15) is 38.5 Å². The molecular formula is C17H25N3O4S. The molecule has 1 aromatic carbocycles. The molecule has 1 amide bonds. The minimum absolute atomic E-state index is 0.0222. The van der Waals surface area contributed by atoms with E-state index in [0.717, 1.165) is 32.1 Å². The minimum Gasteiger partial charge on any atom is -0.495 e. The van der Waals surface area contributed by atoms with Gasteiger partial charge in [0.05, 0.1) is 17.7 Å². The first-order chi connectivity index (χ1) is 11.9. The molecular weight excluding hydrogens is 342 g/mol. The molecule has 138 valence electrons. The second kappa shape index (κ2) is 7.31. The van der Waals surface area contributed by atoms with Crippen LogP contribution >= 0.6 is 0 Å². The van der Waals surface area contributed by atoms with E-state index >= 15 is 0 Å². The van der Waals surface area contributed by atoms with Gasteiger partial charge in [0.1, 0.15) is 5.75 Å². The molecule has 0 spiro atoms. The van der Waals surface area contributed by atoms with Gasteiger partial charge in [-0.25, -0.2) is 13.1 Å². The first-order valence-corrected chi connectivity index (χ1v) is 10.1. The predicted molar refractivity (Wildman–Crippen MR) is 94.9 cm³/mol. The van der Waals surface area contributed by atoms with E-state index in [9.17, 15) is 13.2 Å². The summed E-state index contributed by atoms with van der Waals surface area (Å²) in [7, 11) is -2.11. The van der Waals surface area contributed by atoms with Crippen molar-refractivity contribution in [3.05, 3.63) is 18.2 Å². The van der Waals surface area contributed by atoms with Crippen molar-refractivity contribution in [1.82, 2.24) is 4.72 Å². The van der Waals surface area contributed by atoms with Crippen LogP contribution < -0.4 is 20.5 Å². The molecule has 2 atom stereocenters. The highest BCUT2D eigenvalue weighted by atomic mass is 32.2. The van der Waals surface area contributed by atoms with E-state index in [1.54, 1.807) is 6.07 Å². The maximum Gasteiger partial charge on any atom is 0.240 e. The SMILES string of the molecule is COc1ccc(S(=O)(=O)NC2CC2)cc1NC(=O)C[C@@H]1CCC[C@H]1N. The van der Waals surface area contributed by atoms with Gasteiger partial charge in [-0.2, -0.15) is 0 Å². The molecule has 2 aliphatic carbocycles. The number of sulfonamides is 1. The number of hydrogen-bond acceptors (Lipinski definition) is 5. The van der Waals surface area contributed by atoms with Crippen molar-refractivity contribution in [2.75, 3.05) is 12.4 Å². The first-order valence-electron chi connectivity index (χ1n) is 8.65. The van der Waals surface area contributed by atoms with Gasteiger partial charge in [0, 0.05) is 18.5 Å². The van der Waals surface area contributed by atoms with Crippen LogP contribution in [0.25, 0.3) is 0 Å². The highest BCUT2D eigenvalue weighted by molar-refractivity contribution is 7.89. The van der Waals surface area contributed by atoms with E-state index in [0.29, 0.717) is 17.9 Å². The van der Waals surface area contributed by atoms with Gasteiger partial charge in [0.25, 0.3) is 0 Å². The largest absolute Gasteiger partial charge is 0.495 e. The van der Waals surface area contributed by atoms with Gasteiger partial charge in [-0.15, -0.1) is 0 Å². The quantitative estimate of drug-likeness (QED) is 0.678. The Morgan fingerprint density at radius 2 is 2.04 bits per heavy atom. The average molecular weight is 367 g/mol. The molecule has 0 radical (unpaired) electrons. The molecule has 25 heavy (non-hydrogen) atoms. The number of nitrogens with two attached hydrogens (primary N) is 1. The van der Waals surface area contributed by atoms with Crippen molar-refractivity contribution < 1.29 is 17.9 Å². The van der Waals surface area contributed by atoms with Crippen molar-refractivity contribution in [1.29, 1.82) is 0 Å². The Kier molecular flexibility index (Phi) is 5.31. The van der Waals surface area contributed by atoms with Gasteiger partial charge in [-0.1, -0.05) is 6.42 Å². The van der Waals surface area contributed by atoms with E-state index < -0.39 is 10.0 Å². The van der Waals surface area contributed by atoms with Crippen LogP contribution in [-0.2, 0) is 14.8 Å². The predicted octanol–water partition coefficient (Wildman–Crippen LogP) is 1.59. The third kappa shape index (κ3) is 4.50. The highest BCUT2D eigenvalue weighted by Crippen LogP contribution is 2.31. The van der Waals surface area contributed by atoms with Gasteiger partial charge < -0.3 is 15.8 Å². The van der Waals surface area contributed by atoms with E-state index in [2.05, 4.69) is 10.0 Å². The zero-order valence-electron chi connectivity index (χ0n) is 14.3. The number of carbonyl (C=O) groups is 1. The van der Waals surface area contributed by atoms with Crippen LogP contribution in [0.2, 0.25) is 0 Å². The summed E-state index contributed by atoms with van der Waals surface area (Å²) in [6, 6.07) is 4.55. The van der Waals surface area contributed by atoms with Crippen LogP contribution in [-0.4, -0.2) is 33.5 Å². The van der Waals surface area contributed by atoms with Crippen LogP contribution in [0.3, 0.4) is 0 Å². The second-order valence-corrected chi connectivity index (χ2v) is 8.58. The molecule has 7 nitrogen and oxygen atoms in total. The van der Waals surface area contributed by atoms with Crippen molar-refractivity contribution in [2.24, 2.45) is 11.7 Å². The molecule has 3 rings (SSSR count). The molecule has 0 bridgehead atoms. The Labute approximate surface area is 148 Å². The molecule has 0 aliphatic heterocycles. The number of methoxy groups -OCH3 is 1. The number of anilines is 1. The fourth-order valence-electron chi connectivity index (χ4n) is 3.20. The molecule has 2 saturated carbocycles. The molecule has 0 aromatic heterocycles. The summed E-state index contributed by atoms with van der Waals surface area (Å²) in [6.45, 7) is 0. The van der Waals surface area contributed by atoms with Crippen molar-refractivity contribution in [2.45, 2.75) is 55.5 Å². The Hall–Kier alpha value is -1.64. The minimum atomic E-state index is -3.59. The lowest BCUT2D eigenvalue weighted by Gasteiger charge is -2.16. The molecule has 2 aliphatic rings. The van der Waals surface area contributed by atoms with Gasteiger partial charge in [0.15, 0.2) is 0 Å². The van der Waals surface area contributed by atoms with E-state index in [4.69, 9.17) is 10.5 Å². The van der Waals surface area contributed by atoms with Crippen LogP contribution in [0.5, 0.6) is 5.75 Å². The lowest BCUT2D eigenvalue weighted by Crippen LogP contribution is -2.28. The summed E-state index contributed by atoms with van der Waals surface area (Å²) < 4.78 is 32.6. The number of nitrogens with one attached hydrogen (secondary N) is 2. The van der Waals surface area contributed by atoms with E-state index in [1.807, 2.05) is 0 Å². The highest BCUT2D eigenvalue weighted by Gasteiger charge is 2.29. The Morgan fingerprint density at radius 1 is 1.28 bits per heavy atom. The van der Waals surface area contributed by atoms with Gasteiger partial charge in [-0.3, -0.25) is 4.79 Å². The Morgan fingerprint density at radius 3 is 2.64 bits per heavy atom. The van der Waals surface area contributed by atoms with E-state index in [1.165, 1.54) is 19.2 Å². The maximum absolute atomic E-state index is 12.4. The fourth-order valence-corrected chi connectivity index (χ4v) is 4.53. The molecule has 0 unspecified atom stereocenters. The number of carbonyl (C=O) groups excluding carboxylic acids is 1. The molecule has 2 fully saturated rings. The van der Waals surface area contributed by atoms with E-state index in [-0.39, 0.29) is 28.8 Å². The van der Waals surface area contributed by atoms with Crippen LogP contribution in [0.15, 0.2) is 23.1 Å². The van der Waals surface area contributed by atoms with Crippen molar-refractivity contribution in [3.8, 4) is 5.75 Å².